The molecule has 2 rings (SSSR count). The van der Waals surface area contributed by atoms with Crippen LogP contribution in [0, 0.1) is 0 Å². The highest BCUT2D eigenvalue weighted by molar-refractivity contribution is 9.10. The largest absolute Gasteiger partial charge is 0.461 e. The van der Waals surface area contributed by atoms with E-state index < -0.39 is 0 Å². The number of hydrogen-bond acceptors (Lipinski definition) is 2. The maximum absolute atomic E-state index is 5.60. The van der Waals surface area contributed by atoms with Crippen LogP contribution >= 0.6 is 15.9 Å². The van der Waals surface area contributed by atoms with E-state index in [-0.39, 0.29) is 6.29 Å². The molecule has 0 aliphatic carbocycles. The number of rotatable bonds is 2. The van der Waals surface area contributed by atoms with E-state index in [0.717, 1.165) is 15.8 Å². The Hall–Kier alpha value is -0.800. The van der Waals surface area contributed by atoms with Gasteiger partial charge in [0.1, 0.15) is 5.75 Å². The van der Waals surface area contributed by atoms with Crippen LogP contribution < -0.4 is 4.74 Å². The summed E-state index contributed by atoms with van der Waals surface area (Å²) in [5.41, 5.74) is 1.08. The lowest BCUT2D eigenvalue weighted by atomic mass is 10.1. The molecular formula is C11H11BrO2. The third-order valence-electron chi connectivity index (χ3n) is 1.98. The molecule has 2 nitrogen and oxygen atoms in total. The van der Waals surface area contributed by atoms with Crippen LogP contribution in [0.3, 0.4) is 0 Å². The van der Waals surface area contributed by atoms with E-state index in [4.69, 9.17) is 9.47 Å². The Morgan fingerprint density at radius 1 is 1.50 bits per heavy atom. The average Bonchev–Trinajstić information content (AvgIpc) is 2.19. The summed E-state index contributed by atoms with van der Waals surface area (Å²) in [6, 6.07) is 5.92. The Morgan fingerprint density at radius 2 is 2.36 bits per heavy atom. The van der Waals surface area contributed by atoms with Gasteiger partial charge in [0.2, 0.25) is 6.29 Å². The van der Waals surface area contributed by atoms with E-state index in [1.807, 2.05) is 37.3 Å². The third kappa shape index (κ3) is 1.99. The van der Waals surface area contributed by atoms with E-state index in [9.17, 15) is 0 Å². The normalized spacial score (nSPS) is 18.9. The molecule has 3 heteroatoms. The van der Waals surface area contributed by atoms with Crippen LogP contribution in [0.2, 0.25) is 0 Å². The van der Waals surface area contributed by atoms with Crippen molar-refractivity contribution in [2.45, 2.75) is 13.2 Å². The molecule has 0 bridgehead atoms. The molecule has 0 aromatic heterocycles. The third-order valence-corrected chi connectivity index (χ3v) is 2.47. The average molecular weight is 255 g/mol. The lowest BCUT2D eigenvalue weighted by Gasteiger charge is -2.20. The zero-order valence-electron chi connectivity index (χ0n) is 7.87. The predicted molar refractivity (Wildman–Crippen MR) is 59.2 cm³/mol. The Morgan fingerprint density at radius 3 is 3.14 bits per heavy atom. The fourth-order valence-electron chi connectivity index (χ4n) is 1.36. The zero-order chi connectivity index (χ0) is 9.97. The number of halogens is 1. The van der Waals surface area contributed by atoms with Crippen molar-refractivity contribution >= 4 is 22.0 Å². The molecule has 74 valence electrons. The molecule has 1 atom stereocenters. The summed E-state index contributed by atoms with van der Waals surface area (Å²) in [4.78, 5) is 0. The summed E-state index contributed by atoms with van der Waals surface area (Å²) in [5, 5.41) is 0. The smallest absolute Gasteiger partial charge is 0.220 e. The molecule has 0 unspecified atom stereocenters. The highest BCUT2D eigenvalue weighted by Crippen LogP contribution is 2.28. The van der Waals surface area contributed by atoms with Gasteiger partial charge >= 0.3 is 0 Å². The zero-order valence-corrected chi connectivity index (χ0v) is 9.45. The molecule has 1 heterocycles. The van der Waals surface area contributed by atoms with E-state index in [1.165, 1.54) is 0 Å². The van der Waals surface area contributed by atoms with Crippen molar-refractivity contribution < 1.29 is 9.47 Å². The molecule has 14 heavy (non-hydrogen) atoms. The predicted octanol–water partition coefficient (Wildman–Crippen LogP) is 3.22. The van der Waals surface area contributed by atoms with Crippen LogP contribution in [-0.2, 0) is 4.74 Å². The summed E-state index contributed by atoms with van der Waals surface area (Å²) in [5.74, 6) is 0.870. The minimum atomic E-state index is -0.242. The van der Waals surface area contributed by atoms with Crippen LogP contribution in [-0.4, -0.2) is 12.9 Å². The van der Waals surface area contributed by atoms with Gasteiger partial charge in [-0.3, -0.25) is 0 Å². The molecule has 0 N–H and O–H groups in total. The molecular weight excluding hydrogens is 244 g/mol. The minimum Gasteiger partial charge on any atom is -0.461 e. The Labute approximate surface area is 91.7 Å². The van der Waals surface area contributed by atoms with Crippen molar-refractivity contribution in [3.63, 3.8) is 0 Å². The Bertz CT molecular complexity index is 360. The first-order valence-corrected chi connectivity index (χ1v) is 5.35. The topological polar surface area (TPSA) is 18.5 Å². The molecule has 1 aromatic rings. The highest BCUT2D eigenvalue weighted by atomic mass is 79.9. The summed E-state index contributed by atoms with van der Waals surface area (Å²) < 4.78 is 12.0. The maximum atomic E-state index is 5.60. The van der Waals surface area contributed by atoms with Gasteiger partial charge in [0.05, 0.1) is 0 Å². The molecule has 0 spiro atoms. The van der Waals surface area contributed by atoms with E-state index in [1.54, 1.807) is 0 Å². The SMILES string of the molecule is CCO[C@@H]1C=Cc2cc(Br)ccc2O1. The van der Waals surface area contributed by atoms with Crippen molar-refractivity contribution in [1.29, 1.82) is 0 Å². The van der Waals surface area contributed by atoms with Gasteiger partial charge in [-0.05, 0) is 37.3 Å². The Kier molecular flexibility index (Phi) is 2.89. The van der Waals surface area contributed by atoms with Crippen molar-refractivity contribution in [2.75, 3.05) is 6.61 Å². The molecule has 0 fully saturated rings. The van der Waals surface area contributed by atoms with Crippen molar-refractivity contribution in [3.8, 4) is 5.75 Å². The molecule has 1 aliphatic heterocycles. The van der Waals surface area contributed by atoms with Crippen molar-refractivity contribution in [2.24, 2.45) is 0 Å². The fourth-order valence-corrected chi connectivity index (χ4v) is 1.74. The van der Waals surface area contributed by atoms with Crippen LogP contribution in [0.25, 0.3) is 6.08 Å². The van der Waals surface area contributed by atoms with Gasteiger partial charge in [0.15, 0.2) is 0 Å². The van der Waals surface area contributed by atoms with Crippen LogP contribution in [0.4, 0.5) is 0 Å². The summed E-state index contributed by atoms with van der Waals surface area (Å²) in [6.45, 7) is 2.61. The molecule has 1 aliphatic rings. The molecule has 0 radical (unpaired) electrons. The van der Waals surface area contributed by atoms with Gasteiger partial charge in [-0.1, -0.05) is 15.9 Å². The second-order valence-electron chi connectivity index (χ2n) is 2.98. The summed E-state index contributed by atoms with van der Waals surface area (Å²) >= 11 is 3.42. The molecule has 0 saturated heterocycles. The van der Waals surface area contributed by atoms with E-state index in [2.05, 4.69) is 15.9 Å². The highest BCUT2D eigenvalue weighted by Gasteiger charge is 2.13. The number of ether oxygens (including phenoxy) is 2. The first-order chi connectivity index (χ1) is 6.79. The first-order valence-electron chi connectivity index (χ1n) is 4.55. The molecule has 1 aromatic carbocycles. The minimum absolute atomic E-state index is 0.242. The number of benzene rings is 1. The molecule has 0 saturated carbocycles. The number of fused-ring (bicyclic) bond motifs is 1. The molecule has 0 amide bonds. The van der Waals surface area contributed by atoms with Gasteiger partial charge in [-0.25, -0.2) is 0 Å². The van der Waals surface area contributed by atoms with E-state index >= 15 is 0 Å². The van der Waals surface area contributed by atoms with Crippen LogP contribution in [0.1, 0.15) is 12.5 Å². The van der Waals surface area contributed by atoms with Gasteiger partial charge in [-0.15, -0.1) is 0 Å². The van der Waals surface area contributed by atoms with Crippen molar-refractivity contribution in [1.82, 2.24) is 0 Å². The van der Waals surface area contributed by atoms with Crippen molar-refractivity contribution in [3.05, 3.63) is 34.3 Å². The Balaban J connectivity index is 2.23. The summed E-state index contributed by atoms with van der Waals surface area (Å²) in [7, 11) is 0. The standard InChI is InChI=1S/C11H11BrO2/c1-2-13-11-6-3-8-7-9(12)4-5-10(8)14-11/h3-7,11H,2H2,1H3/t11-/m0/s1. The van der Waals surface area contributed by atoms with Gasteiger partial charge < -0.3 is 9.47 Å². The lowest BCUT2D eigenvalue weighted by Crippen LogP contribution is -2.20. The second kappa shape index (κ2) is 4.15. The quantitative estimate of drug-likeness (QED) is 0.807. The van der Waals surface area contributed by atoms with Gasteiger partial charge in [0.25, 0.3) is 0 Å². The monoisotopic (exact) mass is 254 g/mol. The lowest BCUT2D eigenvalue weighted by molar-refractivity contribution is -0.0414. The summed E-state index contributed by atoms with van der Waals surface area (Å²) in [6.07, 6.45) is 3.69. The first kappa shape index (κ1) is 9.74. The van der Waals surface area contributed by atoms with Crippen LogP contribution in [0.15, 0.2) is 28.7 Å². The van der Waals surface area contributed by atoms with Crippen LogP contribution in [0.5, 0.6) is 5.75 Å². The second-order valence-corrected chi connectivity index (χ2v) is 3.90. The van der Waals surface area contributed by atoms with Gasteiger partial charge in [-0.2, -0.15) is 0 Å². The van der Waals surface area contributed by atoms with Gasteiger partial charge in [0, 0.05) is 16.6 Å². The van der Waals surface area contributed by atoms with E-state index in [0.29, 0.717) is 6.61 Å². The maximum Gasteiger partial charge on any atom is 0.220 e. The fraction of sp³-hybridized carbons (Fsp3) is 0.273. The number of hydrogen-bond donors (Lipinski definition) is 0.